The lowest BCUT2D eigenvalue weighted by Gasteiger charge is -2.17. The lowest BCUT2D eigenvalue weighted by molar-refractivity contribution is 0.0935. The highest BCUT2D eigenvalue weighted by Gasteiger charge is 2.27. The first kappa shape index (κ1) is 18.7. The third-order valence-electron chi connectivity index (χ3n) is 4.69. The Labute approximate surface area is 166 Å². The Morgan fingerprint density at radius 2 is 2.17 bits per heavy atom. The van der Waals surface area contributed by atoms with Crippen molar-refractivity contribution in [3.05, 3.63) is 60.4 Å². The molecule has 1 fully saturated rings. The standard InChI is InChI=1S/C20H19FN6O2/c1-29-18-9-15(16(21)11-24-18)19(28)25-14-5-8-27(12-14)20-23-7-4-17(26-20)13-3-2-6-22-10-13/h2-4,6-7,9-11,14H,5,8,12H2,1H3,(H,25,28). The van der Waals surface area contributed by atoms with Crippen LogP contribution in [-0.2, 0) is 0 Å². The van der Waals surface area contributed by atoms with Crippen LogP contribution in [0.25, 0.3) is 11.3 Å². The van der Waals surface area contributed by atoms with E-state index in [2.05, 4.69) is 25.3 Å². The fraction of sp³-hybridized carbons (Fsp3) is 0.250. The van der Waals surface area contributed by atoms with Crippen molar-refractivity contribution in [2.24, 2.45) is 0 Å². The molecular weight excluding hydrogens is 375 g/mol. The van der Waals surface area contributed by atoms with Gasteiger partial charge in [-0.1, -0.05) is 0 Å². The number of pyridine rings is 2. The maximum Gasteiger partial charge on any atom is 0.254 e. The van der Waals surface area contributed by atoms with Crippen LogP contribution in [0.3, 0.4) is 0 Å². The number of hydrogen-bond acceptors (Lipinski definition) is 7. The lowest BCUT2D eigenvalue weighted by Crippen LogP contribution is -2.37. The number of anilines is 1. The maximum atomic E-state index is 14.0. The van der Waals surface area contributed by atoms with Crippen LogP contribution in [0, 0.1) is 5.82 Å². The maximum absolute atomic E-state index is 14.0. The van der Waals surface area contributed by atoms with E-state index in [1.54, 1.807) is 18.6 Å². The summed E-state index contributed by atoms with van der Waals surface area (Å²) in [4.78, 5) is 31.3. The van der Waals surface area contributed by atoms with Gasteiger partial charge in [-0.05, 0) is 24.6 Å². The lowest BCUT2D eigenvalue weighted by atomic mass is 10.2. The Kier molecular flexibility index (Phi) is 5.28. The fourth-order valence-electron chi connectivity index (χ4n) is 3.20. The quantitative estimate of drug-likeness (QED) is 0.708. The predicted octanol–water partition coefficient (Wildman–Crippen LogP) is 2.09. The van der Waals surface area contributed by atoms with Gasteiger partial charge in [0, 0.05) is 49.4 Å². The molecule has 3 aromatic heterocycles. The number of amides is 1. The molecule has 0 saturated carbocycles. The van der Waals surface area contributed by atoms with Crippen LogP contribution in [0.4, 0.5) is 10.3 Å². The number of nitrogens with zero attached hydrogens (tertiary/aromatic N) is 5. The van der Waals surface area contributed by atoms with Gasteiger partial charge in [0.05, 0.1) is 24.6 Å². The highest BCUT2D eigenvalue weighted by molar-refractivity contribution is 5.95. The van der Waals surface area contributed by atoms with E-state index in [1.165, 1.54) is 13.2 Å². The van der Waals surface area contributed by atoms with Crippen LogP contribution in [-0.4, -0.2) is 52.1 Å². The van der Waals surface area contributed by atoms with Gasteiger partial charge in [0.25, 0.3) is 5.91 Å². The zero-order valence-corrected chi connectivity index (χ0v) is 15.7. The topological polar surface area (TPSA) is 93.1 Å². The smallest absolute Gasteiger partial charge is 0.254 e. The van der Waals surface area contributed by atoms with Crippen molar-refractivity contribution in [2.75, 3.05) is 25.1 Å². The van der Waals surface area contributed by atoms with Crippen molar-refractivity contribution in [2.45, 2.75) is 12.5 Å². The largest absolute Gasteiger partial charge is 0.481 e. The molecule has 148 valence electrons. The third-order valence-corrected chi connectivity index (χ3v) is 4.69. The first-order chi connectivity index (χ1) is 14.1. The third kappa shape index (κ3) is 4.13. The Balaban J connectivity index is 1.44. The van der Waals surface area contributed by atoms with E-state index >= 15 is 0 Å². The van der Waals surface area contributed by atoms with Crippen LogP contribution in [0.5, 0.6) is 5.88 Å². The molecule has 1 amide bonds. The molecule has 1 aliphatic rings. The van der Waals surface area contributed by atoms with E-state index in [1.807, 2.05) is 23.1 Å². The normalized spacial score (nSPS) is 15.9. The van der Waals surface area contributed by atoms with Gasteiger partial charge >= 0.3 is 0 Å². The zero-order valence-electron chi connectivity index (χ0n) is 15.7. The van der Waals surface area contributed by atoms with Crippen molar-refractivity contribution < 1.29 is 13.9 Å². The van der Waals surface area contributed by atoms with Gasteiger partial charge in [0.15, 0.2) is 5.82 Å². The Bertz CT molecular complexity index is 1020. The number of nitrogens with one attached hydrogen (secondary N) is 1. The number of halogens is 1. The van der Waals surface area contributed by atoms with E-state index in [4.69, 9.17) is 4.74 Å². The number of rotatable bonds is 5. The van der Waals surface area contributed by atoms with Crippen LogP contribution in [0.1, 0.15) is 16.8 Å². The monoisotopic (exact) mass is 394 g/mol. The minimum atomic E-state index is -0.689. The van der Waals surface area contributed by atoms with Gasteiger partial charge < -0.3 is 15.0 Å². The summed E-state index contributed by atoms with van der Waals surface area (Å²) in [5, 5.41) is 2.86. The molecule has 29 heavy (non-hydrogen) atoms. The summed E-state index contributed by atoms with van der Waals surface area (Å²) in [5.41, 5.74) is 1.59. The van der Waals surface area contributed by atoms with E-state index in [0.717, 1.165) is 17.5 Å². The molecule has 0 aliphatic carbocycles. The zero-order chi connectivity index (χ0) is 20.2. The molecule has 4 heterocycles. The van der Waals surface area contributed by atoms with Gasteiger partial charge in [-0.15, -0.1) is 0 Å². The van der Waals surface area contributed by atoms with Gasteiger partial charge in [-0.3, -0.25) is 9.78 Å². The Hall–Kier alpha value is -3.62. The van der Waals surface area contributed by atoms with Crippen molar-refractivity contribution in [3.8, 4) is 17.1 Å². The molecule has 0 bridgehead atoms. The second kappa shape index (κ2) is 8.17. The summed E-state index contributed by atoms with van der Waals surface area (Å²) in [6.07, 6.45) is 6.84. The summed E-state index contributed by atoms with van der Waals surface area (Å²) in [7, 11) is 1.41. The summed E-state index contributed by atoms with van der Waals surface area (Å²) in [5.74, 6) is -0.421. The molecule has 1 aliphatic heterocycles. The Morgan fingerprint density at radius 3 is 2.97 bits per heavy atom. The van der Waals surface area contributed by atoms with Gasteiger partial charge in [-0.2, -0.15) is 0 Å². The number of carbonyl (C=O) groups excluding carboxylic acids is 1. The number of carbonyl (C=O) groups is 1. The molecule has 9 heteroatoms. The van der Waals surface area contributed by atoms with E-state index < -0.39 is 11.7 Å². The summed E-state index contributed by atoms with van der Waals surface area (Å²) in [6.45, 7) is 1.22. The Morgan fingerprint density at radius 1 is 1.28 bits per heavy atom. The number of aromatic nitrogens is 4. The molecule has 1 unspecified atom stereocenters. The number of hydrogen-bond donors (Lipinski definition) is 1. The van der Waals surface area contributed by atoms with E-state index in [-0.39, 0.29) is 17.5 Å². The van der Waals surface area contributed by atoms with Crippen molar-refractivity contribution in [1.29, 1.82) is 0 Å². The number of ether oxygens (including phenoxy) is 1. The first-order valence-electron chi connectivity index (χ1n) is 9.13. The molecule has 1 N–H and O–H groups in total. The van der Waals surface area contributed by atoms with Crippen LogP contribution < -0.4 is 15.0 Å². The van der Waals surface area contributed by atoms with E-state index in [9.17, 15) is 9.18 Å². The SMILES string of the molecule is COc1cc(C(=O)NC2CCN(c3nccc(-c4cccnc4)n3)C2)c(F)cn1. The fourth-order valence-corrected chi connectivity index (χ4v) is 3.20. The van der Waals surface area contributed by atoms with Crippen LogP contribution >= 0.6 is 0 Å². The van der Waals surface area contributed by atoms with Gasteiger partial charge in [0.2, 0.25) is 11.8 Å². The molecule has 4 rings (SSSR count). The molecular formula is C20H19FN6O2. The predicted molar refractivity (Wildman–Crippen MR) is 104 cm³/mol. The highest BCUT2D eigenvalue weighted by Crippen LogP contribution is 2.21. The molecule has 0 radical (unpaired) electrons. The first-order valence-corrected chi connectivity index (χ1v) is 9.13. The molecule has 1 saturated heterocycles. The van der Waals surface area contributed by atoms with E-state index in [0.29, 0.717) is 25.5 Å². The molecule has 3 aromatic rings. The van der Waals surface area contributed by atoms with Gasteiger partial charge in [-0.25, -0.2) is 19.3 Å². The minimum Gasteiger partial charge on any atom is -0.481 e. The van der Waals surface area contributed by atoms with Gasteiger partial charge in [0.1, 0.15) is 0 Å². The molecule has 0 spiro atoms. The molecule has 0 aromatic carbocycles. The summed E-state index contributed by atoms with van der Waals surface area (Å²) in [6, 6.07) is 6.76. The summed E-state index contributed by atoms with van der Waals surface area (Å²) < 4.78 is 18.9. The molecule has 8 nitrogen and oxygen atoms in total. The average Bonchev–Trinajstić information content (AvgIpc) is 3.23. The van der Waals surface area contributed by atoms with Crippen molar-refractivity contribution >= 4 is 11.9 Å². The van der Waals surface area contributed by atoms with Crippen molar-refractivity contribution in [1.82, 2.24) is 25.3 Å². The number of methoxy groups -OCH3 is 1. The summed E-state index contributed by atoms with van der Waals surface area (Å²) >= 11 is 0. The highest BCUT2D eigenvalue weighted by atomic mass is 19.1. The van der Waals surface area contributed by atoms with Crippen molar-refractivity contribution in [3.63, 3.8) is 0 Å². The van der Waals surface area contributed by atoms with Crippen LogP contribution in [0.15, 0.2) is 49.1 Å². The minimum absolute atomic E-state index is 0.0925. The average molecular weight is 394 g/mol. The second-order valence-corrected chi connectivity index (χ2v) is 6.60. The van der Waals surface area contributed by atoms with Crippen LogP contribution in [0.2, 0.25) is 0 Å². The molecule has 1 atom stereocenters. The second-order valence-electron chi connectivity index (χ2n) is 6.60.